The first kappa shape index (κ1) is 14.2. The molecule has 2 atom stereocenters. The molecule has 1 aliphatic rings. The van der Waals surface area contributed by atoms with E-state index in [0.29, 0.717) is 6.42 Å². The topological polar surface area (TPSA) is 35.5 Å². The summed E-state index contributed by atoms with van der Waals surface area (Å²) >= 11 is 0. The molecule has 0 unspecified atom stereocenters. The van der Waals surface area contributed by atoms with Gasteiger partial charge in [-0.2, -0.15) is 0 Å². The Kier molecular flexibility index (Phi) is 5.67. The number of unbranched alkanes of at least 4 members (excludes halogenated alkanes) is 3. The monoisotopic (exact) mass is 238 g/mol. The SMILES string of the molecule is CCCCCC#CC[C@@H]1OC(C)(C)O[C@@H]1C=O. The Labute approximate surface area is 104 Å². The lowest BCUT2D eigenvalue weighted by Gasteiger charge is -2.15. The van der Waals surface area contributed by atoms with Crippen molar-refractivity contribution < 1.29 is 14.3 Å². The summed E-state index contributed by atoms with van der Waals surface area (Å²) in [5.74, 6) is 5.53. The molecule has 1 saturated heterocycles. The highest BCUT2D eigenvalue weighted by Gasteiger charge is 2.40. The van der Waals surface area contributed by atoms with Gasteiger partial charge in [-0.05, 0) is 20.3 Å². The maximum Gasteiger partial charge on any atom is 0.164 e. The minimum absolute atomic E-state index is 0.221. The van der Waals surface area contributed by atoms with Crippen LogP contribution in [0.1, 0.15) is 52.9 Å². The van der Waals surface area contributed by atoms with E-state index < -0.39 is 11.9 Å². The van der Waals surface area contributed by atoms with Crippen LogP contribution in [0.4, 0.5) is 0 Å². The van der Waals surface area contributed by atoms with Crippen molar-refractivity contribution in [2.45, 2.75) is 70.9 Å². The first-order chi connectivity index (χ1) is 8.09. The fourth-order valence-electron chi connectivity index (χ4n) is 1.86. The van der Waals surface area contributed by atoms with Crippen LogP contribution in [0.2, 0.25) is 0 Å². The van der Waals surface area contributed by atoms with Crippen LogP contribution in [0.5, 0.6) is 0 Å². The molecule has 0 N–H and O–H groups in total. The van der Waals surface area contributed by atoms with Gasteiger partial charge in [0.1, 0.15) is 12.2 Å². The van der Waals surface area contributed by atoms with Crippen LogP contribution in [-0.2, 0) is 14.3 Å². The largest absolute Gasteiger partial charge is 0.343 e. The van der Waals surface area contributed by atoms with Crippen molar-refractivity contribution in [1.29, 1.82) is 0 Å². The summed E-state index contributed by atoms with van der Waals surface area (Å²) in [5, 5.41) is 0. The van der Waals surface area contributed by atoms with Gasteiger partial charge in [-0.1, -0.05) is 19.8 Å². The summed E-state index contributed by atoms with van der Waals surface area (Å²) in [4.78, 5) is 10.8. The minimum Gasteiger partial charge on any atom is -0.343 e. The van der Waals surface area contributed by atoms with E-state index in [0.717, 1.165) is 19.1 Å². The van der Waals surface area contributed by atoms with E-state index in [9.17, 15) is 4.79 Å². The predicted octanol–water partition coefficient (Wildman–Crippen LogP) is 2.68. The average Bonchev–Trinajstić information content (AvgIpc) is 2.58. The third-order valence-electron chi connectivity index (χ3n) is 2.69. The molecule has 1 fully saturated rings. The summed E-state index contributed by atoms with van der Waals surface area (Å²) in [5.41, 5.74) is 0. The van der Waals surface area contributed by atoms with E-state index >= 15 is 0 Å². The molecule has 0 saturated carbocycles. The Bertz CT molecular complexity index is 298. The molecule has 0 aromatic heterocycles. The smallest absolute Gasteiger partial charge is 0.164 e. The zero-order valence-corrected chi connectivity index (χ0v) is 11.0. The molecule has 0 aliphatic carbocycles. The molecule has 3 heteroatoms. The summed E-state index contributed by atoms with van der Waals surface area (Å²) < 4.78 is 11.1. The lowest BCUT2D eigenvalue weighted by Crippen LogP contribution is -2.23. The molecule has 0 spiro atoms. The number of ether oxygens (including phenoxy) is 2. The lowest BCUT2D eigenvalue weighted by molar-refractivity contribution is -0.149. The van der Waals surface area contributed by atoms with E-state index in [2.05, 4.69) is 18.8 Å². The summed E-state index contributed by atoms with van der Waals surface area (Å²) in [7, 11) is 0. The van der Waals surface area contributed by atoms with Gasteiger partial charge < -0.3 is 14.3 Å². The zero-order valence-electron chi connectivity index (χ0n) is 11.0. The first-order valence-electron chi connectivity index (χ1n) is 6.35. The first-order valence-corrected chi connectivity index (χ1v) is 6.35. The van der Waals surface area contributed by atoms with Crippen LogP contribution in [0.25, 0.3) is 0 Å². The predicted molar refractivity (Wildman–Crippen MR) is 66.4 cm³/mol. The van der Waals surface area contributed by atoms with Crippen molar-refractivity contribution >= 4 is 6.29 Å². The van der Waals surface area contributed by atoms with Crippen molar-refractivity contribution in [3.8, 4) is 11.8 Å². The van der Waals surface area contributed by atoms with Crippen molar-refractivity contribution in [2.24, 2.45) is 0 Å². The van der Waals surface area contributed by atoms with Gasteiger partial charge in [-0.25, -0.2) is 0 Å². The molecular formula is C14H22O3. The minimum atomic E-state index is -0.667. The van der Waals surface area contributed by atoms with Crippen LogP contribution in [0, 0.1) is 11.8 Å². The van der Waals surface area contributed by atoms with E-state index in [1.807, 2.05) is 13.8 Å². The number of hydrogen-bond acceptors (Lipinski definition) is 3. The lowest BCUT2D eigenvalue weighted by atomic mass is 10.1. The van der Waals surface area contributed by atoms with Gasteiger partial charge in [-0.15, -0.1) is 11.8 Å². The number of rotatable bonds is 5. The van der Waals surface area contributed by atoms with Crippen molar-refractivity contribution in [2.75, 3.05) is 0 Å². The molecule has 0 aromatic carbocycles. The highest BCUT2D eigenvalue weighted by molar-refractivity contribution is 5.57. The van der Waals surface area contributed by atoms with Crippen LogP contribution < -0.4 is 0 Å². The van der Waals surface area contributed by atoms with Gasteiger partial charge >= 0.3 is 0 Å². The van der Waals surface area contributed by atoms with Gasteiger partial charge in [-0.3, -0.25) is 0 Å². The Morgan fingerprint density at radius 1 is 1.24 bits per heavy atom. The van der Waals surface area contributed by atoms with Gasteiger partial charge in [0.25, 0.3) is 0 Å². The van der Waals surface area contributed by atoms with E-state index in [4.69, 9.17) is 9.47 Å². The highest BCUT2D eigenvalue weighted by atomic mass is 16.8. The molecule has 0 amide bonds. The summed E-state index contributed by atoms with van der Waals surface area (Å²) in [6, 6.07) is 0. The molecule has 0 aromatic rings. The third kappa shape index (κ3) is 4.89. The molecule has 96 valence electrons. The van der Waals surface area contributed by atoms with E-state index in [-0.39, 0.29) is 6.10 Å². The van der Waals surface area contributed by atoms with Crippen molar-refractivity contribution in [1.82, 2.24) is 0 Å². The van der Waals surface area contributed by atoms with Gasteiger partial charge in [0.15, 0.2) is 12.1 Å². The molecule has 1 aliphatic heterocycles. The number of carbonyl (C=O) groups excluding carboxylic acids is 1. The molecule has 17 heavy (non-hydrogen) atoms. The van der Waals surface area contributed by atoms with Gasteiger partial charge in [0.05, 0.1) is 0 Å². The van der Waals surface area contributed by atoms with E-state index in [1.165, 1.54) is 12.8 Å². The molecule has 1 rings (SSSR count). The second-order valence-corrected chi connectivity index (χ2v) is 4.79. The maximum atomic E-state index is 10.8. The molecule has 0 bridgehead atoms. The van der Waals surface area contributed by atoms with Gasteiger partial charge in [0.2, 0.25) is 0 Å². The fourth-order valence-corrected chi connectivity index (χ4v) is 1.86. The highest BCUT2D eigenvalue weighted by Crippen LogP contribution is 2.28. The number of hydrogen-bond donors (Lipinski definition) is 0. The molecule has 1 heterocycles. The molecule has 0 radical (unpaired) electrons. The Balaban J connectivity index is 2.33. The van der Waals surface area contributed by atoms with Crippen LogP contribution in [0.3, 0.4) is 0 Å². The van der Waals surface area contributed by atoms with Crippen LogP contribution in [0.15, 0.2) is 0 Å². The Morgan fingerprint density at radius 3 is 2.65 bits per heavy atom. The molecular weight excluding hydrogens is 216 g/mol. The normalized spacial score (nSPS) is 26.3. The zero-order chi connectivity index (χ0) is 12.7. The number of carbonyl (C=O) groups is 1. The van der Waals surface area contributed by atoms with Crippen molar-refractivity contribution in [3.63, 3.8) is 0 Å². The Hall–Kier alpha value is -0.850. The summed E-state index contributed by atoms with van der Waals surface area (Å²) in [6.45, 7) is 5.81. The van der Waals surface area contributed by atoms with E-state index in [1.54, 1.807) is 0 Å². The second-order valence-electron chi connectivity index (χ2n) is 4.79. The standard InChI is InChI=1S/C14H22O3/c1-4-5-6-7-8-9-10-12-13(11-15)17-14(2,3)16-12/h11-13H,4-7,10H2,1-3H3/t12-,13+/m0/s1. The Morgan fingerprint density at radius 2 is 2.00 bits per heavy atom. The average molecular weight is 238 g/mol. The van der Waals surface area contributed by atoms with Crippen LogP contribution in [-0.4, -0.2) is 24.3 Å². The fraction of sp³-hybridized carbons (Fsp3) is 0.786. The second kappa shape index (κ2) is 6.78. The van der Waals surface area contributed by atoms with Crippen LogP contribution >= 0.6 is 0 Å². The quantitative estimate of drug-likeness (QED) is 0.419. The summed E-state index contributed by atoms with van der Waals surface area (Å²) in [6.07, 6.45) is 5.18. The molecule has 3 nitrogen and oxygen atoms in total. The number of aldehydes is 1. The third-order valence-corrected chi connectivity index (χ3v) is 2.69. The van der Waals surface area contributed by atoms with Crippen molar-refractivity contribution in [3.05, 3.63) is 0 Å². The maximum absolute atomic E-state index is 10.8. The van der Waals surface area contributed by atoms with Gasteiger partial charge in [0, 0.05) is 12.8 Å².